The molecule has 0 amide bonds. The number of carbonyl (C=O) groups is 1. The molecule has 2 aromatic rings. The number of nitrogens with zero attached hydrogens (tertiary/aromatic N) is 1. The number of carbonyl (C=O) groups excluding carboxylic acids is 1. The van der Waals surface area contributed by atoms with Crippen LogP contribution in [0.2, 0.25) is 0 Å². The average Bonchev–Trinajstić information content (AvgIpc) is 2.53. The molecule has 112 valence electrons. The lowest BCUT2D eigenvalue weighted by molar-refractivity contribution is -0.384. The molecule has 0 radical (unpaired) electrons. The fraction of sp³-hybridized carbons (Fsp3) is 0.0625. The zero-order chi connectivity index (χ0) is 16.1. The first-order valence-corrected chi connectivity index (χ1v) is 6.35. The molecule has 0 saturated carbocycles. The predicted molar refractivity (Wildman–Crippen MR) is 81.5 cm³/mol. The van der Waals surface area contributed by atoms with E-state index < -0.39 is 10.9 Å². The van der Waals surface area contributed by atoms with Crippen LogP contribution in [-0.4, -0.2) is 23.1 Å². The van der Waals surface area contributed by atoms with E-state index in [1.54, 1.807) is 36.4 Å². The zero-order valence-corrected chi connectivity index (χ0v) is 11.7. The molecule has 0 aliphatic rings. The van der Waals surface area contributed by atoms with Gasteiger partial charge in [-0.2, -0.15) is 0 Å². The number of non-ortho nitro benzene ring substituents is 1. The van der Waals surface area contributed by atoms with Gasteiger partial charge < -0.3 is 9.84 Å². The number of benzene rings is 2. The fourth-order valence-corrected chi connectivity index (χ4v) is 1.82. The van der Waals surface area contributed by atoms with Crippen LogP contribution in [0.1, 0.15) is 21.5 Å². The summed E-state index contributed by atoms with van der Waals surface area (Å²) < 4.78 is 4.60. The first kappa shape index (κ1) is 15.2. The summed E-state index contributed by atoms with van der Waals surface area (Å²) >= 11 is 0. The van der Waals surface area contributed by atoms with E-state index in [2.05, 4.69) is 4.74 Å². The van der Waals surface area contributed by atoms with E-state index in [4.69, 9.17) is 0 Å². The van der Waals surface area contributed by atoms with Gasteiger partial charge in [0, 0.05) is 17.7 Å². The molecule has 0 fully saturated rings. The van der Waals surface area contributed by atoms with Crippen molar-refractivity contribution >= 4 is 23.8 Å². The molecular weight excluding hydrogens is 286 g/mol. The van der Waals surface area contributed by atoms with E-state index in [9.17, 15) is 20.0 Å². The van der Waals surface area contributed by atoms with Gasteiger partial charge in [-0.3, -0.25) is 10.1 Å². The largest absolute Gasteiger partial charge is 0.507 e. The number of hydrogen-bond acceptors (Lipinski definition) is 5. The van der Waals surface area contributed by atoms with E-state index in [1.165, 1.54) is 25.3 Å². The van der Waals surface area contributed by atoms with Gasteiger partial charge in [-0.05, 0) is 23.8 Å². The topological polar surface area (TPSA) is 89.7 Å². The number of methoxy groups -OCH3 is 1. The second kappa shape index (κ2) is 6.53. The van der Waals surface area contributed by atoms with Crippen molar-refractivity contribution in [2.24, 2.45) is 0 Å². The maximum Gasteiger partial charge on any atom is 0.337 e. The first-order valence-electron chi connectivity index (χ1n) is 6.35. The number of nitro benzene ring substituents is 1. The standard InChI is InChI=1S/C16H13NO5/c1-22-16(19)12-5-2-11(3-6-12)4-7-13-10-14(17(20)21)8-9-15(13)18/h2-10,18H,1H3/b7-4+. The molecule has 0 aliphatic carbocycles. The number of hydrogen-bond donors (Lipinski definition) is 1. The molecule has 0 aromatic heterocycles. The van der Waals surface area contributed by atoms with Crippen LogP contribution in [0.4, 0.5) is 5.69 Å². The number of aromatic hydroxyl groups is 1. The summed E-state index contributed by atoms with van der Waals surface area (Å²) in [5.74, 6) is -0.472. The molecule has 0 bridgehead atoms. The summed E-state index contributed by atoms with van der Waals surface area (Å²) in [7, 11) is 1.31. The smallest absolute Gasteiger partial charge is 0.337 e. The highest BCUT2D eigenvalue weighted by Crippen LogP contribution is 2.24. The van der Waals surface area contributed by atoms with Gasteiger partial charge in [0.25, 0.3) is 5.69 Å². The van der Waals surface area contributed by atoms with Crippen molar-refractivity contribution in [3.05, 3.63) is 69.3 Å². The summed E-state index contributed by atoms with van der Waals surface area (Å²) in [6.07, 6.45) is 3.25. The summed E-state index contributed by atoms with van der Waals surface area (Å²) in [6, 6.07) is 10.4. The van der Waals surface area contributed by atoms with Crippen molar-refractivity contribution in [2.45, 2.75) is 0 Å². The molecule has 0 saturated heterocycles. The molecule has 0 aliphatic heterocycles. The van der Waals surface area contributed by atoms with Crippen molar-refractivity contribution in [1.82, 2.24) is 0 Å². The SMILES string of the molecule is COC(=O)c1ccc(/C=C/c2cc([N+](=O)[O-])ccc2O)cc1. The molecule has 0 spiro atoms. The Hall–Kier alpha value is -3.15. The first-order chi connectivity index (χ1) is 10.5. The summed E-state index contributed by atoms with van der Waals surface area (Å²) in [5.41, 5.74) is 1.45. The van der Waals surface area contributed by atoms with Crippen molar-refractivity contribution in [2.75, 3.05) is 7.11 Å². The summed E-state index contributed by atoms with van der Waals surface area (Å²) in [5, 5.41) is 20.4. The van der Waals surface area contributed by atoms with Crippen molar-refractivity contribution in [1.29, 1.82) is 0 Å². The number of rotatable bonds is 4. The lowest BCUT2D eigenvalue weighted by atomic mass is 10.1. The normalized spacial score (nSPS) is 10.6. The highest BCUT2D eigenvalue weighted by molar-refractivity contribution is 5.89. The second-order valence-electron chi connectivity index (χ2n) is 4.45. The van der Waals surface area contributed by atoms with E-state index in [-0.39, 0.29) is 11.4 Å². The van der Waals surface area contributed by atoms with Crippen LogP contribution in [0.25, 0.3) is 12.2 Å². The highest BCUT2D eigenvalue weighted by Gasteiger charge is 2.08. The van der Waals surface area contributed by atoms with Gasteiger partial charge in [-0.25, -0.2) is 4.79 Å². The Labute approximate surface area is 126 Å². The molecule has 0 heterocycles. The van der Waals surface area contributed by atoms with Crippen LogP contribution in [0, 0.1) is 10.1 Å². The van der Waals surface area contributed by atoms with Crippen molar-refractivity contribution in [3.63, 3.8) is 0 Å². The second-order valence-corrected chi connectivity index (χ2v) is 4.45. The molecule has 2 aromatic carbocycles. The highest BCUT2D eigenvalue weighted by atomic mass is 16.6. The summed E-state index contributed by atoms with van der Waals surface area (Å²) in [6.45, 7) is 0. The third-order valence-corrected chi connectivity index (χ3v) is 3.01. The molecule has 22 heavy (non-hydrogen) atoms. The molecule has 0 unspecified atom stereocenters. The lowest BCUT2D eigenvalue weighted by Gasteiger charge is -2.01. The van der Waals surface area contributed by atoms with Gasteiger partial charge in [0.1, 0.15) is 5.75 Å². The minimum absolute atomic E-state index is 0.0481. The number of phenols is 1. The lowest BCUT2D eigenvalue weighted by Crippen LogP contribution is -2.00. The van der Waals surface area contributed by atoms with Crippen LogP contribution in [0.3, 0.4) is 0 Å². The molecular formula is C16H13NO5. The Morgan fingerprint density at radius 3 is 2.45 bits per heavy atom. The Morgan fingerprint density at radius 1 is 1.18 bits per heavy atom. The van der Waals surface area contributed by atoms with Gasteiger partial charge in [0.2, 0.25) is 0 Å². The van der Waals surface area contributed by atoms with E-state index in [1.807, 2.05) is 0 Å². The van der Waals surface area contributed by atoms with Gasteiger partial charge in [0.05, 0.1) is 17.6 Å². The zero-order valence-electron chi connectivity index (χ0n) is 11.7. The number of phenolic OH excluding ortho intramolecular Hbond substituents is 1. The minimum Gasteiger partial charge on any atom is -0.507 e. The van der Waals surface area contributed by atoms with Crippen LogP contribution in [0.5, 0.6) is 5.75 Å². The Bertz CT molecular complexity index is 735. The third kappa shape index (κ3) is 3.49. The molecule has 1 N–H and O–H groups in total. The fourth-order valence-electron chi connectivity index (χ4n) is 1.82. The molecule has 6 nitrogen and oxygen atoms in total. The average molecular weight is 299 g/mol. The van der Waals surface area contributed by atoms with Gasteiger partial charge in [-0.1, -0.05) is 24.3 Å². The third-order valence-electron chi connectivity index (χ3n) is 3.01. The number of ether oxygens (including phenoxy) is 1. The van der Waals surface area contributed by atoms with Crippen molar-refractivity contribution in [3.8, 4) is 5.75 Å². The van der Waals surface area contributed by atoms with E-state index in [0.717, 1.165) is 5.56 Å². The maximum atomic E-state index is 11.3. The van der Waals surface area contributed by atoms with Gasteiger partial charge in [-0.15, -0.1) is 0 Å². The molecule has 0 atom stereocenters. The number of nitro groups is 1. The summed E-state index contributed by atoms with van der Waals surface area (Å²) in [4.78, 5) is 21.5. The monoisotopic (exact) mass is 299 g/mol. The predicted octanol–water partition coefficient (Wildman–Crippen LogP) is 3.26. The molecule has 6 heteroatoms. The Morgan fingerprint density at radius 2 is 1.86 bits per heavy atom. The quantitative estimate of drug-likeness (QED) is 0.405. The number of esters is 1. The molecule has 2 rings (SSSR count). The Kier molecular flexibility index (Phi) is 4.53. The Balaban J connectivity index is 2.23. The van der Waals surface area contributed by atoms with Crippen LogP contribution in [0.15, 0.2) is 42.5 Å². The van der Waals surface area contributed by atoms with Gasteiger partial charge >= 0.3 is 5.97 Å². The van der Waals surface area contributed by atoms with Crippen LogP contribution >= 0.6 is 0 Å². The van der Waals surface area contributed by atoms with E-state index >= 15 is 0 Å². The van der Waals surface area contributed by atoms with Gasteiger partial charge in [0.15, 0.2) is 0 Å². The maximum absolute atomic E-state index is 11.3. The van der Waals surface area contributed by atoms with Crippen LogP contribution in [-0.2, 0) is 4.74 Å². The van der Waals surface area contributed by atoms with E-state index in [0.29, 0.717) is 11.1 Å². The van der Waals surface area contributed by atoms with Crippen LogP contribution < -0.4 is 0 Å². The van der Waals surface area contributed by atoms with Crippen molar-refractivity contribution < 1.29 is 19.6 Å². The minimum atomic E-state index is -0.526.